The predicted octanol–water partition coefficient (Wildman–Crippen LogP) is 1.70. The lowest BCUT2D eigenvalue weighted by Crippen LogP contribution is -2.11. The molecule has 1 aliphatic heterocycles. The van der Waals surface area contributed by atoms with Gasteiger partial charge in [0, 0.05) is 6.04 Å². The molecule has 3 nitrogen and oxygen atoms in total. The quantitative estimate of drug-likeness (QED) is 0.749. The summed E-state index contributed by atoms with van der Waals surface area (Å²) in [4.78, 5) is 0. The fourth-order valence-corrected chi connectivity index (χ4v) is 1.35. The second-order valence-corrected chi connectivity index (χ2v) is 3.12. The topological polar surface area (TPSA) is 30.5 Å². The van der Waals surface area contributed by atoms with Gasteiger partial charge in [-0.05, 0) is 31.7 Å². The van der Waals surface area contributed by atoms with E-state index in [4.69, 9.17) is 9.47 Å². The van der Waals surface area contributed by atoms with Crippen LogP contribution in [0.1, 0.15) is 18.5 Å². The van der Waals surface area contributed by atoms with E-state index >= 15 is 0 Å². The lowest BCUT2D eigenvalue weighted by Gasteiger charge is -2.10. The summed E-state index contributed by atoms with van der Waals surface area (Å²) in [6.45, 7) is 2.45. The fraction of sp³-hybridized carbons (Fsp3) is 0.400. The minimum absolute atomic E-state index is 0.340. The Bertz CT molecular complexity index is 312. The molecule has 0 aromatic heterocycles. The Labute approximate surface area is 77.7 Å². The molecule has 0 saturated carbocycles. The summed E-state index contributed by atoms with van der Waals surface area (Å²) in [5.74, 6) is 1.69. The van der Waals surface area contributed by atoms with E-state index in [-0.39, 0.29) is 0 Å². The van der Waals surface area contributed by atoms with E-state index in [1.54, 1.807) is 0 Å². The highest BCUT2D eigenvalue weighted by atomic mass is 16.7. The summed E-state index contributed by atoms with van der Waals surface area (Å²) in [5, 5.41) is 3.18. The number of hydrogen-bond acceptors (Lipinski definition) is 3. The summed E-state index contributed by atoms with van der Waals surface area (Å²) in [7, 11) is 1.94. The Kier molecular flexibility index (Phi) is 2.10. The molecular formula is C10H13NO2. The summed E-state index contributed by atoms with van der Waals surface area (Å²) in [6.07, 6.45) is 0. The van der Waals surface area contributed by atoms with Crippen molar-refractivity contribution in [3.63, 3.8) is 0 Å². The molecule has 0 fully saturated rings. The van der Waals surface area contributed by atoms with Crippen molar-refractivity contribution in [1.29, 1.82) is 0 Å². The van der Waals surface area contributed by atoms with Gasteiger partial charge in [0.1, 0.15) is 0 Å². The molecule has 1 atom stereocenters. The van der Waals surface area contributed by atoms with Crippen molar-refractivity contribution in [2.75, 3.05) is 13.8 Å². The molecule has 3 heteroatoms. The van der Waals surface area contributed by atoms with Crippen LogP contribution >= 0.6 is 0 Å². The molecule has 70 valence electrons. The molecule has 1 heterocycles. The van der Waals surface area contributed by atoms with Crippen molar-refractivity contribution in [1.82, 2.24) is 5.32 Å². The first-order valence-electron chi connectivity index (χ1n) is 4.38. The Morgan fingerprint density at radius 2 is 2.08 bits per heavy atom. The molecule has 0 spiro atoms. The molecule has 0 saturated heterocycles. The monoisotopic (exact) mass is 179 g/mol. The molecule has 0 bridgehead atoms. The van der Waals surface area contributed by atoms with E-state index < -0.39 is 0 Å². The first kappa shape index (κ1) is 8.38. The number of ether oxygens (including phenoxy) is 2. The molecule has 13 heavy (non-hydrogen) atoms. The van der Waals surface area contributed by atoms with Crippen molar-refractivity contribution in [2.45, 2.75) is 13.0 Å². The highest BCUT2D eigenvalue weighted by molar-refractivity contribution is 5.45. The van der Waals surface area contributed by atoms with Gasteiger partial charge in [0.15, 0.2) is 11.5 Å². The molecule has 0 amide bonds. The van der Waals surface area contributed by atoms with Gasteiger partial charge >= 0.3 is 0 Å². The Hall–Kier alpha value is -1.22. The second-order valence-electron chi connectivity index (χ2n) is 3.12. The lowest BCUT2D eigenvalue weighted by molar-refractivity contribution is 0.174. The van der Waals surface area contributed by atoms with Crippen LogP contribution in [0, 0.1) is 0 Å². The maximum atomic E-state index is 5.28. The normalized spacial score (nSPS) is 15.8. The van der Waals surface area contributed by atoms with E-state index in [2.05, 4.69) is 18.3 Å². The lowest BCUT2D eigenvalue weighted by atomic mass is 10.1. The Morgan fingerprint density at radius 1 is 1.31 bits per heavy atom. The van der Waals surface area contributed by atoms with Crippen LogP contribution in [-0.2, 0) is 0 Å². The Morgan fingerprint density at radius 3 is 2.85 bits per heavy atom. The molecular weight excluding hydrogens is 166 g/mol. The van der Waals surface area contributed by atoms with Crippen molar-refractivity contribution in [3.8, 4) is 11.5 Å². The standard InChI is InChI=1S/C10H13NO2/c1-7(11-2)8-3-4-9-10(5-8)13-6-12-9/h3-5,7,11H,6H2,1-2H3. The van der Waals surface area contributed by atoms with Gasteiger partial charge in [-0.3, -0.25) is 0 Å². The van der Waals surface area contributed by atoms with E-state index in [0.29, 0.717) is 12.8 Å². The van der Waals surface area contributed by atoms with Gasteiger partial charge in [0.05, 0.1) is 0 Å². The number of hydrogen-bond donors (Lipinski definition) is 1. The summed E-state index contributed by atoms with van der Waals surface area (Å²) < 4.78 is 10.5. The molecule has 2 rings (SSSR count). The van der Waals surface area contributed by atoms with Crippen LogP contribution in [0.25, 0.3) is 0 Å². The molecule has 1 unspecified atom stereocenters. The van der Waals surface area contributed by atoms with Crippen molar-refractivity contribution in [3.05, 3.63) is 23.8 Å². The maximum absolute atomic E-state index is 5.28. The number of nitrogens with one attached hydrogen (secondary N) is 1. The van der Waals surface area contributed by atoms with E-state index in [1.165, 1.54) is 5.56 Å². The molecule has 0 radical (unpaired) electrons. The third kappa shape index (κ3) is 1.47. The molecule has 1 N–H and O–H groups in total. The van der Waals surface area contributed by atoms with Crippen LogP contribution in [-0.4, -0.2) is 13.8 Å². The summed E-state index contributed by atoms with van der Waals surface area (Å²) >= 11 is 0. The van der Waals surface area contributed by atoms with E-state index in [0.717, 1.165) is 11.5 Å². The fourth-order valence-electron chi connectivity index (χ4n) is 1.35. The van der Waals surface area contributed by atoms with Gasteiger partial charge in [-0.2, -0.15) is 0 Å². The highest BCUT2D eigenvalue weighted by Gasteiger charge is 2.14. The zero-order valence-corrected chi connectivity index (χ0v) is 7.83. The smallest absolute Gasteiger partial charge is 0.231 e. The average molecular weight is 179 g/mol. The van der Waals surface area contributed by atoms with Crippen molar-refractivity contribution < 1.29 is 9.47 Å². The average Bonchev–Trinajstić information content (AvgIpc) is 2.63. The maximum Gasteiger partial charge on any atom is 0.231 e. The molecule has 0 aliphatic carbocycles. The zero-order valence-electron chi connectivity index (χ0n) is 7.83. The van der Waals surface area contributed by atoms with E-state index in [1.807, 2.05) is 19.2 Å². The number of fused-ring (bicyclic) bond motifs is 1. The van der Waals surface area contributed by atoms with Crippen LogP contribution in [0.5, 0.6) is 11.5 Å². The van der Waals surface area contributed by atoms with Crippen LogP contribution in [0.3, 0.4) is 0 Å². The number of benzene rings is 1. The van der Waals surface area contributed by atoms with Gasteiger partial charge in [0.25, 0.3) is 0 Å². The summed E-state index contributed by atoms with van der Waals surface area (Å²) in [6, 6.07) is 6.36. The molecule has 1 aromatic carbocycles. The SMILES string of the molecule is CNC(C)c1ccc2c(c1)OCO2. The third-order valence-corrected chi connectivity index (χ3v) is 2.33. The minimum atomic E-state index is 0.340. The largest absolute Gasteiger partial charge is 0.454 e. The van der Waals surface area contributed by atoms with Crippen LogP contribution < -0.4 is 14.8 Å². The molecule has 1 aliphatic rings. The zero-order chi connectivity index (χ0) is 9.26. The van der Waals surface area contributed by atoms with Crippen LogP contribution in [0.4, 0.5) is 0 Å². The summed E-state index contributed by atoms with van der Waals surface area (Å²) in [5.41, 5.74) is 1.21. The van der Waals surface area contributed by atoms with Crippen LogP contribution in [0.15, 0.2) is 18.2 Å². The highest BCUT2D eigenvalue weighted by Crippen LogP contribution is 2.33. The second kappa shape index (κ2) is 3.26. The minimum Gasteiger partial charge on any atom is -0.454 e. The van der Waals surface area contributed by atoms with Crippen molar-refractivity contribution >= 4 is 0 Å². The van der Waals surface area contributed by atoms with Gasteiger partial charge < -0.3 is 14.8 Å². The predicted molar refractivity (Wildman–Crippen MR) is 50.0 cm³/mol. The van der Waals surface area contributed by atoms with Gasteiger partial charge in [-0.1, -0.05) is 6.07 Å². The Balaban J connectivity index is 2.30. The van der Waals surface area contributed by atoms with Gasteiger partial charge in [-0.25, -0.2) is 0 Å². The van der Waals surface area contributed by atoms with Crippen LogP contribution in [0.2, 0.25) is 0 Å². The first-order chi connectivity index (χ1) is 6.31. The van der Waals surface area contributed by atoms with Gasteiger partial charge in [-0.15, -0.1) is 0 Å². The van der Waals surface area contributed by atoms with Crippen molar-refractivity contribution in [2.24, 2.45) is 0 Å². The third-order valence-electron chi connectivity index (χ3n) is 2.33. The van der Waals surface area contributed by atoms with Gasteiger partial charge in [0.2, 0.25) is 6.79 Å². The van der Waals surface area contributed by atoms with E-state index in [9.17, 15) is 0 Å². The first-order valence-corrected chi connectivity index (χ1v) is 4.38. The number of rotatable bonds is 2. The molecule has 1 aromatic rings.